The number of esters is 1. The first kappa shape index (κ1) is 11.9. The van der Waals surface area contributed by atoms with Crippen LogP contribution in [0.4, 0.5) is 0 Å². The molecular weight excluding hydrogens is 222 g/mol. The molecule has 1 fully saturated rings. The SMILES string of the molecule is COC(=O)C1COCCN1Cc1ncccn1. The topological polar surface area (TPSA) is 64.6 Å². The molecule has 0 aromatic carbocycles. The van der Waals surface area contributed by atoms with Crippen molar-refractivity contribution in [1.82, 2.24) is 14.9 Å². The van der Waals surface area contributed by atoms with Crippen LogP contribution < -0.4 is 0 Å². The Bertz CT molecular complexity index is 371. The van der Waals surface area contributed by atoms with Crippen LogP contribution in [0.3, 0.4) is 0 Å². The molecule has 1 aliphatic rings. The molecule has 1 saturated heterocycles. The zero-order chi connectivity index (χ0) is 12.1. The van der Waals surface area contributed by atoms with Gasteiger partial charge in [0.05, 0.1) is 26.9 Å². The Kier molecular flexibility index (Phi) is 4.00. The molecular formula is C11H15N3O3. The van der Waals surface area contributed by atoms with Gasteiger partial charge in [-0.15, -0.1) is 0 Å². The molecule has 0 spiro atoms. The fourth-order valence-corrected chi connectivity index (χ4v) is 1.77. The van der Waals surface area contributed by atoms with Crippen LogP contribution in [0.1, 0.15) is 5.82 Å². The minimum Gasteiger partial charge on any atom is -0.468 e. The third kappa shape index (κ3) is 2.98. The van der Waals surface area contributed by atoms with E-state index < -0.39 is 0 Å². The normalized spacial score (nSPS) is 21.1. The van der Waals surface area contributed by atoms with E-state index in [1.54, 1.807) is 18.5 Å². The summed E-state index contributed by atoms with van der Waals surface area (Å²) < 4.78 is 10.0. The average Bonchev–Trinajstić information content (AvgIpc) is 2.40. The van der Waals surface area contributed by atoms with Crippen molar-refractivity contribution in [3.63, 3.8) is 0 Å². The maximum absolute atomic E-state index is 11.6. The number of nitrogens with zero attached hydrogens (tertiary/aromatic N) is 3. The summed E-state index contributed by atoms with van der Waals surface area (Å²) >= 11 is 0. The first-order valence-electron chi connectivity index (χ1n) is 5.47. The molecule has 2 rings (SSSR count). The van der Waals surface area contributed by atoms with Crippen LogP contribution in [0.15, 0.2) is 18.5 Å². The van der Waals surface area contributed by atoms with Crippen LogP contribution in [-0.2, 0) is 20.8 Å². The van der Waals surface area contributed by atoms with Gasteiger partial charge in [-0.1, -0.05) is 0 Å². The van der Waals surface area contributed by atoms with E-state index >= 15 is 0 Å². The highest BCUT2D eigenvalue weighted by Crippen LogP contribution is 2.11. The maximum Gasteiger partial charge on any atom is 0.325 e. The lowest BCUT2D eigenvalue weighted by atomic mass is 10.2. The number of rotatable bonds is 3. The second kappa shape index (κ2) is 5.70. The Labute approximate surface area is 99.6 Å². The van der Waals surface area contributed by atoms with Gasteiger partial charge in [0.2, 0.25) is 0 Å². The third-order valence-corrected chi connectivity index (χ3v) is 2.68. The smallest absolute Gasteiger partial charge is 0.325 e. The number of methoxy groups -OCH3 is 1. The molecule has 1 unspecified atom stereocenters. The van der Waals surface area contributed by atoms with Crippen LogP contribution in [0.2, 0.25) is 0 Å². The van der Waals surface area contributed by atoms with E-state index in [1.165, 1.54) is 7.11 Å². The standard InChI is InChI=1S/C11H15N3O3/c1-16-11(15)9-8-17-6-5-14(9)7-10-12-3-2-4-13-10/h2-4,9H,5-8H2,1H3. The molecule has 0 saturated carbocycles. The molecule has 6 nitrogen and oxygen atoms in total. The van der Waals surface area contributed by atoms with Gasteiger partial charge in [0.1, 0.15) is 11.9 Å². The largest absolute Gasteiger partial charge is 0.468 e. The Hall–Kier alpha value is -1.53. The first-order chi connectivity index (χ1) is 8.31. The molecule has 6 heteroatoms. The van der Waals surface area contributed by atoms with Crippen molar-refractivity contribution in [2.24, 2.45) is 0 Å². The van der Waals surface area contributed by atoms with Crippen molar-refractivity contribution in [2.45, 2.75) is 12.6 Å². The van der Waals surface area contributed by atoms with Crippen molar-refractivity contribution in [2.75, 3.05) is 26.9 Å². The molecule has 1 atom stereocenters. The van der Waals surface area contributed by atoms with Crippen LogP contribution in [-0.4, -0.2) is 53.7 Å². The van der Waals surface area contributed by atoms with Crippen molar-refractivity contribution in [1.29, 1.82) is 0 Å². The van der Waals surface area contributed by atoms with Crippen LogP contribution >= 0.6 is 0 Å². The summed E-state index contributed by atoms with van der Waals surface area (Å²) in [7, 11) is 1.38. The van der Waals surface area contributed by atoms with Crippen molar-refractivity contribution >= 4 is 5.97 Å². The number of morpholine rings is 1. The molecule has 0 radical (unpaired) electrons. The van der Waals surface area contributed by atoms with E-state index in [0.29, 0.717) is 32.1 Å². The summed E-state index contributed by atoms with van der Waals surface area (Å²) in [5.74, 6) is 0.420. The molecule has 17 heavy (non-hydrogen) atoms. The highest BCUT2D eigenvalue weighted by molar-refractivity contribution is 5.75. The second-order valence-corrected chi connectivity index (χ2v) is 3.75. The summed E-state index contributed by atoms with van der Waals surface area (Å²) in [4.78, 5) is 21.9. The van der Waals surface area contributed by atoms with Gasteiger partial charge < -0.3 is 9.47 Å². The fourth-order valence-electron chi connectivity index (χ4n) is 1.77. The number of hydrogen-bond donors (Lipinski definition) is 0. The first-order valence-corrected chi connectivity index (χ1v) is 5.47. The quantitative estimate of drug-likeness (QED) is 0.681. The van der Waals surface area contributed by atoms with Gasteiger partial charge in [0.15, 0.2) is 0 Å². The fraction of sp³-hybridized carbons (Fsp3) is 0.545. The highest BCUT2D eigenvalue weighted by Gasteiger charge is 2.30. The Balaban J connectivity index is 2.04. The summed E-state index contributed by atoms with van der Waals surface area (Å²) in [6.45, 7) is 2.18. The number of aromatic nitrogens is 2. The van der Waals surface area contributed by atoms with Gasteiger partial charge in [-0.3, -0.25) is 9.69 Å². The summed E-state index contributed by atoms with van der Waals surface area (Å²) in [6, 6.07) is 1.40. The van der Waals surface area contributed by atoms with Crippen molar-refractivity contribution in [3.8, 4) is 0 Å². The minimum absolute atomic E-state index is 0.277. The van der Waals surface area contributed by atoms with Gasteiger partial charge in [-0.2, -0.15) is 0 Å². The summed E-state index contributed by atoms with van der Waals surface area (Å²) in [5, 5.41) is 0. The molecule has 92 valence electrons. The number of carbonyl (C=O) groups excluding carboxylic acids is 1. The second-order valence-electron chi connectivity index (χ2n) is 3.75. The highest BCUT2D eigenvalue weighted by atomic mass is 16.5. The van der Waals surface area contributed by atoms with E-state index in [0.717, 1.165) is 0 Å². The predicted octanol–water partition coefficient (Wildman–Crippen LogP) is -0.150. The summed E-state index contributed by atoms with van der Waals surface area (Å²) in [5.41, 5.74) is 0. The third-order valence-electron chi connectivity index (χ3n) is 2.68. The van der Waals surface area contributed by atoms with Gasteiger partial charge in [-0.25, -0.2) is 9.97 Å². The van der Waals surface area contributed by atoms with Crippen LogP contribution in [0.25, 0.3) is 0 Å². The number of carbonyl (C=O) groups is 1. The molecule has 1 aromatic rings. The van der Waals surface area contributed by atoms with E-state index in [1.807, 2.05) is 4.90 Å². The van der Waals surface area contributed by atoms with E-state index in [2.05, 4.69) is 9.97 Å². The lowest BCUT2D eigenvalue weighted by Crippen LogP contribution is -2.50. The van der Waals surface area contributed by atoms with Gasteiger partial charge in [0.25, 0.3) is 0 Å². The zero-order valence-electron chi connectivity index (χ0n) is 9.70. The van der Waals surface area contributed by atoms with Gasteiger partial charge >= 0.3 is 5.97 Å². The zero-order valence-corrected chi connectivity index (χ0v) is 9.70. The van der Waals surface area contributed by atoms with Crippen molar-refractivity contribution < 1.29 is 14.3 Å². The Morgan fingerprint density at radius 3 is 3.06 bits per heavy atom. The predicted molar refractivity (Wildman–Crippen MR) is 59.1 cm³/mol. The molecule has 2 heterocycles. The van der Waals surface area contributed by atoms with E-state index in [9.17, 15) is 4.79 Å². The Morgan fingerprint density at radius 1 is 1.59 bits per heavy atom. The van der Waals surface area contributed by atoms with E-state index in [4.69, 9.17) is 9.47 Å². The lowest BCUT2D eigenvalue weighted by molar-refractivity contribution is -0.153. The average molecular weight is 237 g/mol. The minimum atomic E-state index is -0.363. The molecule has 1 aromatic heterocycles. The molecule has 0 N–H and O–H groups in total. The Morgan fingerprint density at radius 2 is 2.35 bits per heavy atom. The molecule has 0 aliphatic carbocycles. The van der Waals surface area contributed by atoms with Crippen LogP contribution in [0.5, 0.6) is 0 Å². The number of ether oxygens (including phenoxy) is 2. The van der Waals surface area contributed by atoms with Gasteiger partial charge in [0, 0.05) is 18.9 Å². The lowest BCUT2D eigenvalue weighted by Gasteiger charge is -2.32. The molecule has 0 amide bonds. The maximum atomic E-state index is 11.6. The monoisotopic (exact) mass is 237 g/mol. The summed E-state index contributed by atoms with van der Waals surface area (Å²) in [6.07, 6.45) is 3.38. The van der Waals surface area contributed by atoms with Gasteiger partial charge in [-0.05, 0) is 6.07 Å². The van der Waals surface area contributed by atoms with Crippen LogP contribution in [0, 0.1) is 0 Å². The molecule has 0 bridgehead atoms. The molecule has 1 aliphatic heterocycles. The van der Waals surface area contributed by atoms with E-state index in [-0.39, 0.29) is 12.0 Å². The number of hydrogen-bond acceptors (Lipinski definition) is 6. The van der Waals surface area contributed by atoms with Crippen molar-refractivity contribution in [3.05, 3.63) is 24.3 Å².